The first-order chi connectivity index (χ1) is 10.2. The van der Waals surface area contributed by atoms with Crippen molar-refractivity contribution in [3.63, 3.8) is 0 Å². The van der Waals surface area contributed by atoms with E-state index in [4.69, 9.17) is 21.6 Å². The summed E-state index contributed by atoms with van der Waals surface area (Å²) in [6.45, 7) is 5.38. The second-order valence-electron chi connectivity index (χ2n) is 5.77. The van der Waals surface area contributed by atoms with E-state index < -0.39 is 11.5 Å². The van der Waals surface area contributed by atoms with E-state index in [9.17, 15) is 10.1 Å². The highest BCUT2D eigenvalue weighted by Gasteiger charge is 2.22. The standard InChI is InChI=1S/C16H16BrClN2O2/c1-16(2,3)22-14(21)5-4-11(9-20)15-12(17)6-10(8-19)7-13(15)18/h6-7,11H,4-5H2,1-3H3. The molecular weight excluding hydrogens is 368 g/mol. The van der Waals surface area contributed by atoms with Gasteiger partial charge in [0.25, 0.3) is 0 Å². The van der Waals surface area contributed by atoms with Crippen LogP contribution in [0.2, 0.25) is 5.02 Å². The first-order valence-electron chi connectivity index (χ1n) is 6.68. The molecule has 0 aliphatic heterocycles. The van der Waals surface area contributed by atoms with Gasteiger partial charge in [-0.2, -0.15) is 10.5 Å². The van der Waals surface area contributed by atoms with Crippen LogP contribution in [0.3, 0.4) is 0 Å². The van der Waals surface area contributed by atoms with Crippen molar-refractivity contribution in [3.8, 4) is 12.1 Å². The maximum absolute atomic E-state index is 11.8. The van der Waals surface area contributed by atoms with Crippen molar-refractivity contribution < 1.29 is 9.53 Å². The van der Waals surface area contributed by atoms with Gasteiger partial charge in [-0.3, -0.25) is 4.79 Å². The SMILES string of the molecule is CC(C)(C)OC(=O)CCC(C#N)c1c(Cl)cc(C#N)cc1Br. The molecular formula is C16H16BrClN2O2. The van der Waals surface area contributed by atoms with Crippen molar-refractivity contribution in [2.24, 2.45) is 0 Å². The first kappa shape index (κ1) is 18.5. The van der Waals surface area contributed by atoms with Crippen LogP contribution in [0.1, 0.15) is 50.7 Å². The van der Waals surface area contributed by atoms with E-state index in [1.54, 1.807) is 26.8 Å². The van der Waals surface area contributed by atoms with Gasteiger partial charge in [0.15, 0.2) is 0 Å². The third-order valence-corrected chi connectivity index (χ3v) is 3.74. The van der Waals surface area contributed by atoms with E-state index in [0.29, 0.717) is 27.0 Å². The second-order valence-corrected chi connectivity index (χ2v) is 7.03. The number of ether oxygens (including phenoxy) is 1. The fourth-order valence-electron chi connectivity index (χ4n) is 1.91. The van der Waals surface area contributed by atoms with Crippen LogP contribution in [-0.4, -0.2) is 11.6 Å². The van der Waals surface area contributed by atoms with Gasteiger partial charge in [-0.25, -0.2) is 0 Å². The number of hydrogen-bond donors (Lipinski definition) is 0. The molecule has 1 unspecified atom stereocenters. The summed E-state index contributed by atoms with van der Waals surface area (Å²) in [6, 6.07) is 7.27. The molecule has 0 N–H and O–H groups in total. The van der Waals surface area contributed by atoms with Crippen LogP contribution in [0.5, 0.6) is 0 Å². The number of halogens is 2. The maximum Gasteiger partial charge on any atom is 0.306 e. The van der Waals surface area contributed by atoms with Crippen LogP contribution in [-0.2, 0) is 9.53 Å². The van der Waals surface area contributed by atoms with E-state index >= 15 is 0 Å². The minimum atomic E-state index is -0.554. The lowest BCUT2D eigenvalue weighted by Crippen LogP contribution is -2.24. The normalized spacial score (nSPS) is 12.1. The number of nitrogens with zero attached hydrogens (tertiary/aromatic N) is 2. The number of carbonyl (C=O) groups excluding carboxylic acids is 1. The molecule has 0 amide bonds. The number of benzene rings is 1. The molecule has 0 saturated carbocycles. The Morgan fingerprint density at radius 3 is 2.50 bits per heavy atom. The van der Waals surface area contributed by atoms with Crippen LogP contribution in [0.25, 0.3) is 0 Å². The largest absolute Gasteiger partial charge is 0.460 e. The monoisotopic (exact) mass is 382 g/mol. The average Bonchev–Trinajstić information content (AvgIpc) is 2.39. The molecule has 1 aromatic rings. The molecule has 116 valence electrons. The van der Waals surface area contributed by atoms with Gasteiger partial charge in [0.1, 0.15) is 5.60 Å². The molecule has 1 rings (SSSR count). The summed E-state index contributed by atoms with van der Waals surface area (Å²) in [5.74, 6) is -0.907. The molecule has 22 heavy (non-hydrogen) atoms. The minimum Gasteiger partial charge on any atom is -0.460 e. The number of nitriles is 2. The van der Waals surface area contributed by atoms with Gasteiger partial charge in [0.2, 0.25) is 0 Å². The topological polar surface area (TPSA) is 73.9 Å². The van der Waals surface area contributed by atoms with Crippen LogP contribution >= 0.6 is 27.5 Å². The summed E-state index contributed by atoms with van der Waals surface area (Å²) in [4.78, 5) is 11.8. The predicted octanol–water partition coefficient (Wildman–Crippen LogP) is 4.70. The summed E-state index contributed by atoms with van der Waals surface area (Å²) >= 11 is 9.49. The molecule has 0 aliphatic carbocycles. The highest BCUT2D eigenvalue weighted by molar-refractivity contribution is 9.10. The van der Waals surface area contributed by atoms with Gasteiger partial charge in [-0.1, -0.05) is 27.5 Å². The fraction of sp³-hybridized carbons (Fsp3) is 0.438. The van der Waals surface area contributed by atoms with E-state index in [1.807, 2.05) is 6.07 Å². The molecule has 0 aromatic heterocycles. The van der Waals surface area contributed by atoms with E-state index in [2.05, 4.69) is 22.0 Å². The number of hydrogen-bond acceptors (Lipinski definition) is 4. The van der Waals surface area contributed by atoms with Gasteiger partial charge < -0.3 is 4.74 Å². The lowest BCUT2D eigenvalue weighted by Gasteiger charge is -2.20. The molecule has 0 saturated heterocycles. The molecule has 0 radical (unpaired) electrons. The summed E-state index contributed by atoms with van der Waals surface area (Å²) in [7, 11) is 0. The van der Waals surface area contributed by atoms with Crippen LogP contribution in [0.4, 0.5) is 0 Å². The summed E-state index contributed by atoms with van der Waals surface area (Å²) in [5.41, 5.74) is 0.447. The fourth-order valence-corrected chi connectivity index (χ4v) is 3.11. The Hall–Kier alpha value is -1.56. The van der Waals surface area contributed by atoms with Crippen molar-refractivity contribution >= 4 is 33.5 Å². The number of esters is 1. The molecule has 4 nitrogen and oxygen atoms in total. The molecule has 0 spiro atoms. The van der Waals surface area contributed by atoms with Gasteiger partial charge in [-0.05, 0) is 39.3 Å². The Labute approximate surface area is 143 Å². The third kappa shape index (κ3) is 5.33. The second kappa shape index (κ2) is 7.63. The Bertz CT molecular complexity index is 631. The molecule has 1 aromatic carbocycles. The van der Waals surface area contributed by atoms with Crippen LogP contribution < -0.4 is 0 Å². The van der Waals surface area contributed by atoms with Crippen molar-refractivity contribution in [2.45, 2.75) is 45.1 Å². The Morgan fingerprint density at radius 2 is 2.05 bits per heavy atom. The van der Waals surface area contributed by atoms with E-state index in [-0.39, 0.29) is 12.4 Å². The molecule has 0 bridgehead atoms. The Kier molecular flexibility index (Phi) is 6.41. The summed E-state index contributed by atoms with van der Waals surface area (Å²) in [6.07, 6.45) is 0.425. The van der Waals surface area contributed by atoms with Gasteiger partial charge >= 0.3 is 5.97 Å². The highest BCUT2D eigenvalue weighted by Crippen LogP contribution is 2.35. The van der Waals surface area contributed by atoms with Gasteiger partial charge in [-0.15, -0.1) is 0 Å². The smallest absolute Gasteiger partial charge is 0.306 e. The minimum absolute atomic E-state index is 0.123. The Balaban J connectivity index is 2.89. The maximum atomic E-state index is 11.8. The average molecular weight is 384 g/mol. The third-order valence-electron chi connectivity index (χ3n) is 2.77. The zero-order valence-electron chi connectivity index (χ0n) is 12.6. The van der Waals surface area contributed by atoms with Crippen molar-refractivity contribution in [1.82, 2.24) is 0 Å². The Morgan fingerprint density at radius 1 is 1.41 bits per heavy atom. The quantitative estimate of drug-likeness (QED) is 0.706. The van der Waals surface area contributed by atoms with E-state index in [0.717, 1.165) is 0 Å². The lowest BCUT2D eigenvalue weighted by atomic mass is 9.94. The molecule has 1 atom stereocenters. The highest BCUT2D eigenvalue weighted by atomic mass is 79.9. The summed E-state index contributed by atoms with van der Waals surface area (Å²) < 4.78 is 5.82. The molecule has 0 heterocycles. The van der Waals surface area contributed by atoms with Crippen molar-refractivity contribution in [2.75, 3.05) is 0 Å². The lowest BCUT2D eigenvalue weighted by molar-refractivity contribution is -0.154. The number of carbonyl (C=O) groups is 1. The van der Waals surface area contributed by atoms with Crippen LogP contribution in [0, 0.1) is 22.7 Å². The van der Waals surface area contributed by atoms with E-state index in [1.165, 1.54) is 6.07 Å². The predicted molar refractivity (Wildman–Crippen MR) is 87.3 cm³/mol. The molecule has 0 fully saturated rings. The zero-order valence-corrected chi connectivity index (χ0v) is 15.0. The first-order valence-corrected chi connectivity index (χ1v) is 7.85. The van der Waals surface area contributed by atoms with Gasteiger partial charge in [0, 0.05) is 21.5 Å². The molecule has 6 heteroatoms. The molecule has 0 aliphatic rings. The van der Waals surface area contributed by atoms with Crippen molar-refractivity contribution in [3.05, 3.63) is 32.8 Å². The van der Waals surface area contributed by atoms with Gasteiger partial charge in [0.05, 0.1) is 23.6 Å². The zero-order chi connectivity index (χ0) is 16.9. The van der Waals surface area contributed by atoms with Crippen molar-refractivity contribution in [1.29, 1.82) is 10.5 Å². The summed E-state index contributed by atoms with van der Waals surface area (Å²) in [5, 5.41) is 18.6. The number of rotatable bonds is 4. The van der Waals surface area contributed by atoms with Crippen LogP contribution in [0.15, 0.2) is 16.6 Å².